The molecule has 0 amide bonds. The Morgan fingerprint density at radius 1 is 0.875 bits per heavy atom. The van der Waals surface area contributed by atoms with Gasteiger partial charge in [0, 0.05) is 6.42 Å². The van der Waals surface area contributed by atoms with Crippen LogP contribution in [0, 0.1) is 0 Å². The summed E-state index contributed by atoms with van der Waals surface area (Å²) in [5.41, 5.74) is -6.10. The van der Waals surface area contributed by atoms with E-state index in [-0.39, 0.29) is 6.42 Å². The zero-order valence-electron chi connectivity index (χ0n) is 15.7. The van der Waals surface area contributed by atoms with Crippen molar-refractivity contribution in [1.82, 2.24) is 0 Å². The molecule has 1 heterocycles. The maximum absolute atomic E-state index is 10.9. The average Bonchev–Trinajstić information content (AvgIpc) is 2.46. The zero-order chi connectivity index (χ0) is 18.8. The predicted molar refractivity (Wildman–Crippen MR) is 91.4 cm³/mol. The minimum atomic E-state index is -2.10. The van der Waals surface area contributed by atoms with Gasteiger partial charge in [-0.15, -0.1) is 0 Å². The SMILES string of the molecule is CCCCCCCC[C@]1(O)O[C@H](C(C)O)[C@@](C)(O)[C@](C)(O)[C@@]1(C)O. The standard InChI is InChI=1S/C18H36O6/c1-6-7-8-9-10-11-12-18(23)17(5,22)16(4,21)15(3,20)14(24-18)13(2)19/h13-14,19-23H,6-12H2,1-5H3/t13?,14-,15-,16+,17-,18+/m1/s1. The number of aliphatic hydroxyl groups is 5. The molecule has 0 aromatic rings. The number of hydrogen-bond donors (Lipinski definition) is 5. The largest absolute Gasteiger partial charge is 0.391 e. The Balaban J connectivity index is 2.92. The molecule has 5 N–H and O–H groups in total. The van der Waals surface area contributed by atoms with Crippen LogP contribution in [0.25, 0.3) is 0 Å². The van der Waals surface area contributed by atoms with Crippen molar-refractivity contribution in [3.05, 3.63) is 0 Å². The zero-order valence-corrected chi connectivity index (χ0v) is 15.7. The van der Waals surface area contributed by atoms with Crippen LogP contribution in [0.3, 0.4) is 0 Å². The Morgan fingerprint density at radius 2 is 1.38 bits per heavy atom. The van der Waals surface area contributed by atoms with Gasteiger partial charge in [-0.2, -0.15) is 0 Å². The Morgan fingerprint density at radius 3 is 1.88 bits per heavy atom. The molecule has 144 valence electrons. The third-order valence-corrected chi connectivity index (χ3v) is 5.88. The van der Waals surface area contributed by atoms with Crippen molar-refractivity contribution >= 4 is 0 Å². The van der Waals surface area contributed by atoms with Gasteiger partial charge in [0.05, 0.1) is 6.10 Å². The number of ether oxygens (including phenoxy) is 1. The molecule has 6 atom stereocenters. The summed E-state index contributed by atoms with van der Waals surface area (Å²) in [4.78, 5) is 0. The lowest BCUT2D eigenvalue weighted by Gasteiger charge is -2.61. The number of aliphatic hydroxyl groups excluding tert-OH is 1. The van der Waals surface area contributed by atoms with E-state index in [0.29, 0.717) is 6.42 Å². The molecule has 0 aliphatic carbocycles. The number of rotatable bonds is 8. The van der Waals surface area contributed by atoms with E-state index < -0.39 is 34.8 Å². The smallest absolute Gasteiger partial charge is 0.198 e. The molecular weight excluding hydrogens is 312 g/mol. The fraction of sp³-hybridized carbons (Fsp3) is 1.00. The molecule has 1 aliphatic rings. The van der Waals surface area contributed by atoms with Gasteiger partial charge in [0.15, 0.2) is 5.79 Å². The Hall–Kier alpha value is -0.240. The summed E-state index contributed by atoms with van der Waals surface area (Å²) in [6.07, 6.45) is 3.71. The second kappa shape index (κ2) is 7.56. The molecule has 0 radical (unpaired) electrons. The molecule has 0 aromatic carbocycles. The lowest BCUT2D eigenvalue weighted by molar-refractivity contribution is -0.436. The quantitative estimate of drug-likeness (QED) is 0.425. The van der Waals surface area contributed by atoms with E-state index >= 15 is 0 Å². The van der Waals surface area contributed by atoms with E-state index in [0.717, 1.165) is 25.7 Å². The highest BCUT2D eigenvalue weighted by molar-refractivity contribution is 5.18. The van der Waals surface area contributed by atoms with E-state index in [4.69, 9.17) is 4.74 Å². The lowest BCUT2D eigenvalue weighted by Crippen LogP contribution is -2.82. The highest BCUT2D eigenvalue weighted by atomic mass is 16.7. The van der Waals surface area contributed by atoms with Crippen LogP contribution in [0.2, 0.25) is 0 Å². The van der Waals surface area contributed by atoms with Crippen molar-refractivity contribution in [1.29, 1.82) is 0 Å². The summed E-state index contributed by atoms with van der Waals surface area (Å²) in [6.45, 7) is 7.37. The van der Waals surface area contributed by atoms with Crippen LogP contribution in [-0.4, -0.2) is 60.3 Å². The first kappa shape index (κ1) is 21.8. The first-order chi connectivity index (χ1) is 10.8. The fourth-order valence-corrected chi connectivity index (χ4v) is 3.61. The molecule has 1 aliphatic heterocycles. The van der Waals surface area contributed by atoms with Crippen LogP contribution >= 0.6 is 0 Å². The summed E-state index contributed by atoms with van der Waals surface area (Å²) < 4.78 is 5.57. The van der Waals surface area contributed by atoms with Gasteiger partial charge in [-0.3, -0.25) is 0 Å². The second-order valence-corrected chi connectivity index (χ2v) is 7.87. The Bertz CT molecular complexity index is 404. The molecule has 0 bridgehead atoms. The molecule has 1 saturated heterocycles. The van der Waals surface area contributed by atoms with Crippen molar-refractivity contribution in [3.63, 3.8) is 0 Å². The molecule has 1 rings (SSSR count). The van der Waals surface area contributed by atoms with Crippen LogP contribution in [-0.2, 0) is 4.74 Å². The van der Waals surface area contributed by atoms with E-state index in [1.165, 1.54) is 34.1 Å². The third kappa shape index (κ3) is 3.64. The average molecular weight is 348 g/mol. The molecule has 1 fully saturated rings. The van der Waals surface area contributed by atoms with Crippen molar-refractivity contribution in [2.24, 2.45) is 0 Å². The van der Waals surface area contributed by atoms with Crippen LogP contribution in [0.4, 0.5) is 0 Å². The maximum Gasteiger partial charge on any atom is 0.198 e. The summed E-state index contributed by atoms with van der Waals surface area (Å²) >= 11 is 0. The summed E-state index contributed by atoms with van der Waals surface area (Å²) in [5, 5.41) is 53.2. The molecule has 1 unspecified atom stereocenters. The Kier molecular flexibility index (Phi) is 6.87. The topological polar surface area (TPSA) is 110 Å². The van der Waals surface area contributed by atoms with Crippen LogP contribution in [0.1, 0.15) is 79.6 Å². The van der Waals surface area contributed by atoms with Crippen molar-refractivity contribution < 1.29 is 30.3 Å². The number of hydrogen-bond acceptors (Lipinski definition) is 6. The van der Waals surface area contributed by atoms with Gasteiger partial charge >= 0.3 is 0 Å². The van der Waals surface area contributed by atoms with Crippen molar-refractivity contribution in [3.8, 4) is 0 Å². The van der Waals surface area contributed by atoms with Crippen LogP contribution in [0.15, 0.2) is 0 Å². The predicted octanol–water partition coefficient (Wildman–Crippen LogP) is 1.46. The number of unbranched alkanes of at least 4 members (excludes halogenated alkanes) is 5. The summed E-state index contributed by atoms with van der Waals surface area (Å²) in [7, 11) is 0. The minimum absolute atomic E-state index is 0.113. The van der Waals surface area contributed by atoms with Crippen LogP contribution in [0.5, 0.6) is 0 Å². The first-order valence-electron chi connectivity index (χ1n) is 9.10. The molecular formula is C18H36O6. The van der Waals surface area contributed by atoms with Crippen molar-refractivity contribution in [2.45, 2.75) is 114 Å². The second-order valence-electron chi connectivity index (χ2n) is 7.87. The van der Waals surface area contributed by atoms with Gasteiger partial charge in [-0.1, -0.05) is 39.0 Å². The van der Waals surface area contributed by atoms with Gasteiger partial charge < -0.3 is 30.3 Å². The van der Waals surface area contributed by atoms with E-state index in [1.807, 2.05) is 0 Å². The fourth-order valence-electron chi connectivity index (χ4n) is 3.61. The molecule has 6 nitrogen and oxygen atoms in total. The van der Waals surface area contributed by atoms with Gasteiger partial charge in [0.1, 0.15) is 22.9 Å². The molecule has 0 aromatic heterocycles. The molecule has 6 heteroatoms. The highest BCUT2D eigenvalue weighted by Gasteiger charge is 2.71. The van der Waals surface area contributed by atoms with Crippen LogP contribution < -0.4 is 0 Å². The first-order valence-corrected chi connectivity index (χ1v) is 9.10. The monoisotopic (exact) mass is 348 g/mol. The van der Waals surface area contributed by atoms with Gasteiger partial charge in [-0.25, -0.2) is 0 Å². The summed E-state index contributed by atoms with van der Waals surface area (Å²) in [5.74, 6) is -2.05. The minimum Gasteiger partial charge on any atom is -0.391 e. The highest BCUT2D eigenvalue weighted by Crippen LogP contribution is 2.50. The summed E-state index contributed by atoms with van der Waals surface area (Å²) in [6, 6.07) is 0. The van der Waals surface area contributed by atoms with E-state index in [2.05, 4.69) is 6.92 Å². The third-order valence-electron chi connectivity index (χ3n) is 5.88. The molecule has 0 saturated carbocycles. The van der Waals surface area contributed by atoms with E-state index in [1.54, 1.807) is 0 Å². The van der Waals surface area contributed by atoms with Gasteiger partial charge in [0.2, 0.25) is 0 Å². The Labute approximate surface area is 145 Å². The lowest BCUT2D eigenvalue weighted by atomic mass is 9.63. The van der Waals surface area contributed by atoms with Gasteiger partial charge in [0.25, 0.3) is 0 Å². The van der Waals surface area contributed by atoms with Gasteiger partial charge in [-0.05, 0) is 34.1 Å². The van der Waals surface area contributed by atoms with Crippen molar-refractivity contribution in [2.75, 3.05) is 0 Å². The molecule has 0 spiro atoms. The van der Waals surface area contributed by atoms with E-state index in [9.17, 15) is 25.5 Å². The maximum atomic E-state index is 10.9. The normalized spacial score (nSPS) is 44.5. The molecule has 24 heavy (non-hydrogen) atoms.